The number of anilines is 1. The first-order valence-corrected chi connectivity index (χ1v) is 14.7. The normalized spacial score (nSPS) is 11.8. The molecule has 206 valence electrons. The van der Waals surface area contributed by atoms with Gasteiger partial charge in [0.25, 0.3) is 0 Å². The smallest absolute Gasteiger partial charge is 0.341 e. The minimum absolute atomic E-state index is 0.0144. The van der Waals surface area contributed by atoms with Gasteiger partial charge in [-0.25, -0.2) is 9.18 Å². The van der Waals surface area contributed by atoms with Crippen LogP contribution >= 0.6 is 34.4 Å². The van der Waals surface area contributed by atoms with Gasteiger partial charge >= 0.3 is 5.97 Å². The molecule has 1 N–H and O–H groups in total. The van der Waals surface area contributed by atoms with Crippen molar-refractivity contribution in [2.24, 2.45) is 0 Å². The van der Waals surface area contributed by atoms with Crippen molar-refractivity contribution in [2.75, 3.05) is 31.4 Å². The van der Waals surface area contributed by atoms with E-state index in [2.05, 4.69) is 15.5 Å². The van der Waals surface area contributed by atoms with Crippen molar-refractivity contribution in [1.82, 2.24) is 14.8 Å². The third-order valence-corrected chi connectivity index (χ3v) is 8.16. The highest BCUT2D eigenvalue weighted by atomic mass is 32.2. The summed E-state index contributed by atoms with van der Waals surface area (Å²) in [5, 5.41) is 16.0. The van der Waals surface area contributed by atoms with Gasteiger partial charge < -0.3 is 19.5 Å². The molecule has 1 atom stereocenters. The van der Waals surface area contributed by atoms with Crippen LogP contribution in [-0.2, 0) is 20.9 Å². The minimum atomic E-state index is -0.488. The molecular formula is C26H27FN4O5S3. The van der Waals surface area contributed by atoms with Crippen LogP contribution in [0.15, 0.2) is 52.3 Å². The number of rotatable bonds is 13. The molecule has 1 aromatic carbocycles. The zero-order valence-electron chi connectivity index (χ0n) is 21.5. The SMILES string of the molecule is CCOC(=O)c1c(-c2cccs2)csc1NC(=O)CSc1nnc(COc2ccccc2F)n1C(C)COC. The van der Waals surface area contributed by atoms with Gasteiger partial charge in [-0.15, -0.1) is 32.9 Å². The summed E-state index contributed by atoms with van der Waals surface area (Å²) in [6.07, 6.45) is 0. The number of hydrogen-bond acceptors (Lipinski definition) is 10. The lowest BCUT2D eigenvalue weighted by atomic mass is 10.1. The first-order valence-electron chi connectivity index (χ1n) is 12.0. The molecule has 0 saturated heterocycles. The first-order chi connectivity index (χ1) is 18.9. The van der Waals surface area contributed by atoms with E-state index in [0.29, 0.717) is 28.2 Å². The fourth-order valence-corrected chi connectivity index (χ4v) is 6.37. The topological polar surface area (TPSA) is 105 Å². The minimum Gasteiger partial charge on any atom is -0.483 e. The summed E-state index contributed by atoms with van der Waals surface area (Å²) in [6, 6.07) is 9.76. The third kappa shape index (κ3) is 7.04. The van der Waals surface area contributed by atoms with Crippen LogP contribution in [0, 0.1) is 5.82 Å². The van der Waals surface area contributed by atoms with Crippen molar-refractivity contribution in [3.8, 4) is 16.2 Å². The monoisotopic (exact) mass is 590 g/mol. The molecule has 3 heterocycles. The van der Waals surface area contributed by atoms with E-state index in [1.807, 2.05) is 34.4 Å². The summed E-state index contributed by atoms with van der Waals surface area (Å²) >= 11 is 3.96. The van der Waals surface area contributed by atoms with Crippen LogP contribution < -0.4 is 10.1 Å². The number of nitrogens with zero attached hydrogens (tertiary/aromatic N) is 3. The van der Waals surface area contributed by atoms with Gasteiger partial charge in [-0.05, 0) is 37.4 Å². The quantitative estimate of drug-likeness (QED) is 0.152. The highest BCUT2D eigenvalue weighted by Gasteiger charge is 2.24. The molecule has 0 aliphatic heterocycles. The Bertz CT molecular complexity index is 1410. The highest BCUT2D eigenvalue weighted by molar-refractivity contribution is 7.99. The number of thioether (sulfide) groups is 1. The van der Waals surface area contributed by atoms with Crippen molar-refractivity contribution >= 4 is 51.3 Å². The van der Waals surface area contributed by atoms with Crippen LogP contribution in [-0.4, -0.2) is 52.7 Å². The number of thiophene rings is 2. The van der Waals surface area contributed by atoms with Gasteiger partial charge in [0.05, 0.1) is 25.0 Å². The number of halogens is 1. The Morgan fingerprint density at radius 3 is 2.72 bits per heavy atom. The lowest BCUT2D eigenvalue weighted by Crippen LogP contribution is -2.19. The third-order valence-electron chi connectivity index (χ3n) is 5.42. The molecule has 0 aliphatic carbocycles. The zero-order chi connectivity index (χ0) is 27.8. The van der Waals surface area contributed by atoms with Crippen LogP contribution in [0.4, 0.5) is 9.39 Å². The van der Waals surface area contributed by atoms with Crippen LogP contribution in [0.2, 0.25) is 0 Å². The zero-order valence-corrected chi connectivity index (χ0v) is 24.0. The molecule has 1 amide bonds. The summed E-state index contributed by atoms with van der Waals surface area (Å²) in [6.45, 7) is 4.24. The summed E-state index contributed by atoms with van der Waals surface area (Å²) in [4.78, 5) is 26.6. The van der Waals surface area contributed by atoms with E-state index in [1.54, 1.807) is 26.2 Å². The fourth-order valence-electron chi connectivity index (χ4n) is 3.73. The molecule has 0 bridgehead atoms. The average Bonchev–Trinajstić information content (AvgIpc) is 3.67. The Morgan fingerprint density at radius 2 is 2.00 bits per heavy atom. The number of para-hydroxylation sites is 1. The Kier molecular flexibility index (Phi) is 10.1. The number of hydrogen-bond donors (Lipinski definition) is 1. The van der Waals surface area contributed by atoms with E-state index in [-0.39, 0.29) is 36.7 Å². The number of amides is 1. The molecular weight excluding hydrogens is 564 g/mol. The van der Waals surface area contributed by atoms with E-state index in [1.165, 1.54) is 46.6 Å². The maximum absolute atomic E-state index is 14.0. The van der Waals surface area contributed by atoms with E-state index in [9.17, 15) is 14.0 Å². The van der Waals surface area contributed by atoms with Crippen LogP contribution in [0.25, 0.3) is 10.4 Å². The molecule has 0 spiro atoms. The van der Waals surface area contributed by atoms with Gasteiger partial charge in [0, 0.05) is 22.9 Å². The lowest BCUT2D eigenvalue weighted by Gasteiger charge is -2.17. The van der Waals surface area contributed by atoms with Gasteiger partial charge in [0.15, 0.2) is 22.5 Å². The van der Waals surface area contributed by atoms with Gasteiger partial charge in [0.2, 0.25) is 5.91 Å². The van der Waals surface area contributed by atoms with E-state index in [0.717, 1.165) is 10.4 Å². The summed E-state index contributed by atoms with van der Waals surface area (Å²) in [7, 11) is 1.59. The van der Waals surface area contributed by atoms with E-state index < -0.39 is 11.8 Å². The summed E-state index contributed by atoms with van der Waals surface area (Å²) in [5.41, 5.74) is 1.07. The molecule has 13 heteroatoms. The van der Waals surface area contributed by atoms with Gasteiger partial charge in [0.1, 0.15) is 17.2 Å². The predicted octanol–water partition coefficient (Wildman–Crippen LogP) is 5.90. The van der Waals surface area contributed by atoms with Gasteiger partial charge in [-0.2, -0.15) is 0 Å². The number of methoxy groups -OCH3 is 1. The van der Waals surface area contributed by atoms with E-state index >= 15 is 0 Å². The Morgan fingerprint density at radius 1 is 1.18 bits per heavy atom. The second-order valence-corrected chi connectivity index (χ2v) is 11.0. The number of carbonyl (C=O) groups is 2. The first kappa shape index (κ1) is 28.7. The number of benzene rings is 1. The number of esters is 1. The lowest BCUT2D eigenvalue weighted by molar-refractivity contribution is -0.113. The van der Waals surface area contributed by atoms with Gasteiger partial charge in [-0.3, -0.25) is 9.36 Å². The van der Waals surface area contributed by atoms with Crippen molar-refractivity contribution in [3.63, 3.8) is 0 Å². The fraction of sp³-hybridized carbons (Fsp3) is 0.308. The maximum atomic E-state index is 14.0. The predicted molar refractivity (Wildman–Crippen MR) is 150 cm³/mol. The van der Waals surface area contributed by atoms with Crippen molar-refractivity contribution in [1.29, 1.82) is 0 Å². The molecule has 0 aliphatic rings. The number of ether oxygens (including phenoxy) is 3. The van der Waals surface area contributed by atoms with Crippen LogP contribution in [0.5, 0.6) is 5.75 Å². The van der Waals surface area contributed by atoms with Crippen molar-refractivity contribution < 1.29 is 28.2 Å². The van der Waals surface area contributed by atoms with E-state index in [4.69, 9.17) is 14.2 Å². The Labute approximate surface area is 237 Å². The molecule has 1 unspecified atom stereocenters. The summed E-state index contributed by atoms with van der Waals surface area (Å²) in [5.74, 6) is -0.691. The highest BCUT2D eigenvalue weighted by Crippen LogP contribution is 2.38. The molecule has 0 fully saturated rings. The van der Waals surface area contributed by atoms with Gasteiger partial charge in [-0.1, -0.05) is 30.0 Å². The van der Waals surface area contributed by atoms with Crippen LogP contribution in [0.3, 0.4) is 0 Å². The number of aromatic nitrogens is 3. The number of carbonyl (C=O) groups excluding carboxylic acids is 2. The van der Waals surface area contributed by atoms with Crippen molar-refractivity contribution in [2.45, 2.75) is 31.7 Å². The Balaban J connectivity index is 1.48. The molecule has 3 aromatic heterocycles. The average molecular weight is 591 g/mol. The molecule has 9 nitrogen and oxygen atoms in total. The number of nitrogens with one attached hydrogen (secondary N) is 1. The van der Waals surface area contributed by atoms with Crippen molar-refractivity contribution in [3.05, 3.63) is 64.4 Å². The molecule has 0 radical (unpaired) electrons. The summed E-state index contributed by atoms with van der Waals surface area (Å²) < 4.78 is 32.0. The molecule has 0 saturated carbocycles. The maximum Gasteiger partial charge on any atom is 0.341 e. The molecule has 39 heavy (non-hydrogen) atoms. The van der Waals surface area contributed by atoms with Crippen LogP contribution in [0.1, 0.15) is 36.1 Å². The Hall–Kier alpha value is -3.26. The second kappa shape index (κ2) is 13.7. The molecule has 4 aromatic rings. The standard InChI is InChI=1S/C26H27FN4O5S3/c1-4-35-25(33)23-17(20-10-7-11-37-20)14-38-24(23)28-22(32)15-39-26-30-29-21(31(26)16(2)12-34-3)13-36-19-9-6-5-8-18(19)27/h5-11,14,16H,4,12-13,15H2,1-3H3,(H,28,32). The second-order valence-electron chi connectivity index (χ2n) is 8.18. The largest absolute Gasteiger partial charge is 0.483 e. The molecule has 4 rings (SSSR count).